The lowest BCUT2D eigenvalue weighted by molar-refractivity contribution is -0.151. The van der Waals surface area contributed by atoms with E-state index in [1.165, 1.54) is 19.3 Å². The van der Waals surface area contributed by atoms with Gasteiger partial charge in [0.05, 0.1) is 0 Å². The molecule has 3 unspecified atom stereocenters. The first kappa shape index (κ1) is 13.4. The molecule has 0 aromatic carbocycles. The van der Waals surface area contributed by atoms with Crippen molar-refractivity contribution < 1.29 is 9.53 Å². The second kappa shape index (κ2) is 6.23. The minimum atomic E-state index is -0.157. The molecule has 19 heavy (non-hydrogen) atoms. The number of hydrogen-bond acceptors (Lipinski definition) is 3. The molecule has 4 heteroatoms. The maximum atomic E-state index is 12.7. The number of piperidine rings is 1. The topological polar surface area (TPSA) is 41.6 Å². The van der Waals surface area contributed by atoms with Gasteiger partial charge in [0, 0.05) is 25.2 Å². The highest BCUT2D eigenvalue weighted by Gasteiger charge is 2.37. The van der Waals surface area contributed by atoms with Crippen molar-refractivity contribution in [2.24, 2.45) is 0 Å². The Bertz CT molecular complexity index is 309. The number of amides is 1. The Labute approximate surface area is 115 Å². The molecule has 3 saturated heterocycles. The molecule has 1 amide bonds. The minimum Gasteiger partial charge on any atom is -0.368 e. The third-order valence-electron chi connectivity index (χ3n) is 4.85. The SMILES string of the molecule is O=C(C1CCCCO1)N1CCCCC1C1CCCN1. The van der Waals surface area contributed by atoms with Crippen LogP contribution in [0.25, 0.3) is 0 Å². The Hall–Kier alpha value is -0.610. The fourth-order valence-electron chi connectivity index (χ4n) is 3.81. The summed E-state index contributed by atoms with van der Waals surface area (Å²) in [4.78, 5) is 14.8. The van der Waals surface area contributed by atoms with E-state index in [4.69, 9.17) is 4.74 Å². The van der Waals surface area contributed by atoms with Gasteiger partial charge in [-0.2, -0.15) is 0 Å². The molecular formula is C15H26N2O2. The number of carbonyl (C=O) groups excluding carboxylic acids is 1. The molecule has 0 radical (unpaired) electrons. The summed E-state index contributed by atoms with van der Waals surface area (Å²) in [6.07, 6.45) is 9.06. The molecule has 0 spiro atoms. The first-order chi connectivity index (χ1) is 9.36. The second-order valence-electron chi connectivity index (χ2n) is 6.15. The Morgan fingerprint density at radius 3 is 2.68 bits per heavy atom. The largest absolute Gasteiger partial charge is 0.368 e. The van der Waals surface area contributed by atoms with Crippen LogP contribution < -0.4 is 5.32 Å². The van der Waals surface area contributed by atoms with E-state index in [2.05, 4.69) is 10.2 Å². The molecule has 0 bridgehead atoms. The first-order valence-corrected chi connectivity index (χ1v) is 8.02. The molecule has 3 fully saturated rings. The zero-order chi connectivity index (χ0) is 13.1. The number of nitrogens with zero attached hydrogens (tertiary/aromatic N) is 1. The molecule has 3 aliphatic rings. The normalized spacial score (nSPS) is 36.4. The minimum absolute atomic E-state index is 0.157. The lowest BCUT2D eigenvalue weighted by atomic mass is 9.93. The van der Waals surface area contributed by atoms with Crippen LogP contribution in [-0.4, -0.2) is 48.7 Å². The highest BCUT2D eigenvalue weighted by atomic mass is 16.5. The smallest absolute Gasteiger partial charge is 0.252 e. The molecule has 4 nitrogen and oxygen atoms in total. The molecule has 0 aromatic rings. The van der Waals surface area contributed by atoms with Crippen molar-refractivity contribution in [2.45, 2.75) is 69.6 Å². The van der Waals surface area contributed by atoms with E-state index >= 15 is 0 Å². The van der Waals surface area contributed by atoms with Gasteiger partial charge in [-0.15, -0.1) is 0 Å². The van der Waals surface area contributed by atoms with Gasteiger partial charge in [-0.25, -0.2) is 0 Å². The fraction of sp³-hybridized carbons (Fsp3) is 0.933. The number of likely N-dealkylation sites (tertiary alicyclic amines) is 1. The Balaban J connectivity index is 1.66. The quantitative estimate of drug-likeness (QED) is 0.827. The summed E-state index contributed by atoms with van der Waals surface area (Å²) in [6, 6.07) is 0.933. The van der Waals surface area contributed by atoms with Crippen LogP contribution in [0.2, 0.25) is 0 Å². The van der Waals surface area contributed by atoms with Gasteiger partial charge in [0.15, 0.2) is 0 Å². The lowest BCUT2D eigenvalue weighted by Crippen LogP contribution is -2.55. The van der Waals surface area contributed by atoms with E-state index < -0.39 is 0 Å². The maximum absolute atomic E-state index is 12.7. The monoisotopic (exact) mass is 266 g/mol. The molecular weight excluding hydrogens is 240 g/mol. The van der Waals surface area contributed by atoms with Crippen molar-refractivity contribution in [3.05, 3.63) is 0 Å². The zero-order valence-corrected chi connectivity index (χ0v) is 11.8. The molecule has 3 rings (SSSR count). The van der Waals surface area contributed by atoms with Crippen LogP contribution in [0.4, 0.5) is 0 Å². The predicted molar refractivity (Wildman–Crippen MR) is 74.0 cm³/mol. The molecule has 3 heterocycles. The van der Waals surface area contributed by atoms with Gasteiger partial charge in [0.25, 0.3) is 5.91 Å². The van der Waals surface area contributed by atoms with Crippen molar-refractivity contribution >= 4 is 5.91 Å². The van der Waals surface area contributed by atoms with Crippen LogP contribution in [0.3, 0.4) is 0 Å². The number of rotatable bonds is 2. The number of carbonyl (C=O) groups is 1. The zero-order valence-electron chi connectivity index (χ0n) is 11.8. The van der Waals surface area contributed by atoms with E-state index in [1.807, 2.05) is 0 Å². The third kappa shape index (κ3) is 2.95. The fourth-order valence-corrected chi connectivity index (χ4v) is 3.81. The number of nitrogens with one attached hydrogen (secondary N) is 1. The molecule has 0 saturated carbocycles. The van der Waals surface area contributed by atoms with E-state index in [9.17, 15) is 4.79 Å². The van der Waals surface area contributed by atoms with Crippen molar-refractivity contribution in [3.63, 3.8) is 0 Å². The van der Waals surface area contributed by atoms with Gasteiger partial charge in [0.2, 0.25) is 0 Å². The Morgan fingerprint density at radius 1 is 1.05 bits per heavy atom. The highest BCUT2D eigenvalue weighted by Crippen LogP contribution is 2.26. The van der Waals surface area contributed by atoms with Crippen LogP contribution in [-0.2, 0) is 9.53 Å². The Kier molecular flexibility index (Phi) is 4.38. The van der Waals surface area contributed by atoms with Crippen LogP contribution in [0.5, 0.6) is 0 Å². The molecule has 0 aromatic heterocycles. The van der Waals surface area contributed by atoms with Gasteiger partial charge in [-0.05, 0) is 57.9 Å². The standard InChI is InChI=1S/C15H26N2O2/c18-15(14-8-2-4-11-19-14)17-10-3-1-7-13(17)12-6-5-9-16-12/h12-14,16H,1-11H2. The molecule has 0 aliphatic carbocycles. The molecule has 3 aliphatic heterocycles. The van der Waals surface area contributed by atoms with Gasteiger partial charge in [-0.1, -0.05) is 0 Å². The van der Waals surface area contributed by atoms with E-state index in [-0.39, 0.29) is 12.0 Å². The summed E-state index contributed by atoms with van der Waals surface area (Å²) in [7, 11) is 0. The summed E-state index contributed by atoms with van der Waals surface area (Å²) in [5.41, 5.74) is 0. The van der Waals surface area contributed by atoms with Crippen LogP contribution in [0.15, 0.2) is 0 Å². The first-order valence-electron chi connectivity index (χ1n) is 8.02. The number of ether oxygens (including phenoxy) is 1. The summed E-state index contributed by atoms with van der Waals surface area (Å²) in [5.74, 6) is 0.262. The summed E-state index contributed by atoms with van der Waals surface area (Å²) >= 11 is 0. The van der Waals surface area contributed by atoms with Gasteiger partial charge in [-0.3, -0.25) is 4.79 Å². The second-order valence-corrected chi connectivity index (χ2v) is 6.15. The van der Waals surface area contributed by atoms with Gasteiger partial charge < -0.3 is 15.0 Å². The lowest BCUT2D eigenvalue weighted by Gasteiger charge is -2.41. The van der Waals surface area contributed by atoms with Gasteiger partial charge >= 0.3 is 0 Å². The average molecular weight is 266 g/mol. The van der Waals surface area contributed by atoms with Gasteiger partial charge in [0.1, 0.15) is 6.10 Å². The summed E-state index contributed by atoms with van der Waals surface area (Å²) in [6.45, 7) is 2.81. The van der Waals surface area contributed by atoms with Crippen molar-refractivity contribution in [3.8, 4) is 0 Å². The van der Waals surface area contributed by atoms with Crippen molar-refractivity contribution in [2.75, 3.05) is 19.7 Å². The van der Waals surface area contributed by atoms with Crippen molar-refractivity contribution in [1.29, 1.82) is 0 Å². The van der Waals surface area contributed by atoms with E-state index in [0.717, 1.165) is 51.8 Å². The maximum Gasteiger partial charge on any atom is 0.252 e. The van der Waals surface area contributed by atoms with Crippen LogP contribution in [0.1, 0.15) is 51.4 Å². The Morgan fingerprint density at radius 2 is 1.95 bits per heavy atom. The van der Waals surface area contributed by atoms with Crippen LogP contribution >= 0.6 is 0 Å². The molecule has 1 N–H and O–H groups in total. The molecule has 108 valence electrons. The average Bonchev–Trinajstić information content (AvgIpc) is 3.01. The predicted octanol–water partition coefficient (Wildman–Crippen LogP) is 1.69. The van der Waals surface area contributed by atoms with E-state index in [0.29, 0.717) is 12.1 Å². The summed E-state index contributed by atoms with van der Waals surface area (Å²) < 4.78 is 5.69. The summed E-state index contributed by atoms with van der Waals surface area (Å²) in [5, 5.41) is 3.58. The van der Waals surface area contributed by atoms with Crippen LogP contribution in [0, 0.1) is 0 Å². The highest BCUT2D eigenvalue weighted by molar-refractivity contribution is 5.81. The number of hydrogen-bond donors (Lipinski definition) is 1. The van der Waals surface area contributed by atoms with E-state index in [1.54, 1.807) is 0 Å². The molecule has 3 atom stereocenters. The third-order valence-corrected chi connectivity index (χ3v) is 4.85. The van der Waals surface area contributed by atoms with Crippen molar-refractivity contribution in [1.82, 2.24) is 10.2 Å².